The fraction of sp³-hybridized carbons (Fsp3) is 0.438. The van der Waals surface area contributed by atoms with Crippen molar-refractivity contribution in [1.82, 2.24) is 14.0 Å². The minimum atomic E-state index is -0.658. The Labute approximate surface area is 138 Å². The molecule has 3 rings (SSSR count). The third-order valence-corrected chi connectivity index (χ3v) is 4.34. The molecule has 128 valence electrons. The summed E-state index contributed by atoms with van der Waals surface area (Å²) in [7, 11) is 2.78. The van der Waals surface area contributed by atoms with Crippen LogP contribution in [0.2, 0.25) is 0 Å². The Kier molecular flexibility index (Phi) is 4.15. The van der Waals surface area contributed by atoms with Crippen molar-refractivity contribution in [2.75, 3.05) is 12.3 Å². The molecule has 0 aliphatic heterocycles. The number of nitrogens with zero attached hydrogens (tertiary/aromatic N) is 3. The second kappa shape index (κ2) is 6.12. The summed E-state index contributed by atoms with van der Waals surface area (Å²) >= 11 is 0. The first-order valence-electron chi connectivity index (χ1n) is 7.75. The molecule has 2 heterocycles. The van der Waals surface area contributed by atoms with Crippen LogP contribution in [-0.2, 0) is 20.6 Å². The molecule has 1 aliphatic rings. The lowest BCUT2D eigenvalue weighted by atomic mass is 10.1. The highest BCUT2D eigenvalue weighted by atomic mass is 16.3. The van der Waals surface area contributed by atoms with Crippen molar-refractivity contribution in [3.05, 3.63) is 50.6 Å². The molecule has 2 aromatic heterocycles. The first-order chi connectivity index (χ1) is 11.4. The molecule has 2 N–H and O–H groups in total. The Morgan fingerprint density at radius 1 is 1.33 bits per heavy atom. The van der Waals surface area contributed by atoms with Gasteiger partial charge in [-0.1, -0.05) is 0 Å². The van der Waals surface area contributed by atoms with Gasteiger partial charge in [-0.25, -0.2) is 4.79 Å². The van der Waals surface area contributed by atoms with Crippen LogP contribution in [0.3, 0.4) is 0 Å². The maximum atomic E-state index is 12.7. The zero-order chi connectivity index (χ0) is 17.4. The third kappa shape index (κ3) is 2.92. The fourth-order valence-corrected chi connectivity index (χ4v) is 2.74. The average molecular weight is 332 g/mol. The molecule has 24 heavy (non-hydrogen) atoms. The van der Waals surface area contributed by atoms with Gasteiger partial charge in [-0.05, 0) is 25.0 Å². The van der Waals surface area contributed by atoms with Crippen molar-refractivity contribution >= 4 is 11.6 Å². The van der Waals surface area contributed by atoms with E-state index in [0.717, 1.165) is 27.7 Å². The van der Waals surface area contributed by atoms with E-state index >= 15 is 0 Å². The molecule has 0 radical (unpaired) electrons. The highest BCUT2D eigenvalue weighted by molar-refractivity contribution is 6.01. The highest BCUT2D eigenvalue weighted by Crippen LogP contribution is 2.28. The molecule has 0 amide bonds. The molecule has 1 aliphatic carbocycles. The number of hydrogen-bond donors (Lipinski definition) is 1. The Morgan fingerprint density at radius 2 is 2.04 bits per heavy atom. The lowest BCUT2D eigenvalue weighted by Gasteiger charge is -2.20. The molecular formula is C16H20N4O4. The van der Waals surface area contributed by atoms with Crippen LogP contribution in [0, 0.1) is 0 Å². The van der Waals surface area contributed by atoms with Gasteiger partial charge in [0.1, 0.15) is 17.1 Å². The number of anilines is 1. The Hall–Kier alpha value is -2.61. The Bertz CT molecular complexity index is 875. The van der Waals surface area contributed by atoms with Crippen LogP contribution >= 0.6 is 0 Å². The second-order valence-electron chi connectivity index (χ2n) is 6.10. The molecule has 0 aromatic carbocycles. The lowest BCUT2D eigenvalue weighted by molar-refractivity contribution is 0.0911. The number of Topliss-reactive ketones (excluding diaryl/α,β-unsaturated/α-hetero) is 1. The normalized spacial score (nSPS) is 14.3. The van der Waals surface area contributed by atoms with E-state index in [0.29, 0.717) is 12.6 Å². The molecule has 8 heteroatoms. The van der Waals surface area contributed by atoms with E-state index in [-0.39, 0.29) is 23.7 Å². The summed E-state index contributed by atoms with van der Waals surface area (Å²) in [4.78, 5) is 38.8. The third-order valence-electron chi connectivity index (χ3n) is 4.34. The smallest absolute Gasteiger partial charge is 0.332 e. The number of rotatable bonds is 6. The van der Waals surface area contributed by atoms with E-state index in [1.165, 1.54) is 14.1 Å². The average Bonchev–Trinajstić information content (AvgIpc) is 3.28. The van der Waals surface area contributed by atoms with E-state index in [2.05, 4.69) is 0 Å². The van der Waals surface area contributed by atoms with E-state index in [4.69, 9.17) is 10.2 Å². The van der Waals surface area contributed by atoms with Crippen LogP contribution < -0.4 is 17.0 Å². The van der Waals surface area contributed by atoms with Gasteiger partial charge in [0.2, 0.25) is 0 Å². The monoisotopic (exact) mass is 332 g/mol. The van der Waals surface area contributed by atoms with Crippen molar-refractivity contribution in [2.24, 2.45) is 14.1 Å². The molecule has 2 aromatic rings. The van der Waals surface area contributed by atoms with Crippen molar-refractivity contribution in [1.29, 1.82) is 0 Å². The number of carbonyl (C=O) groups excluding carboxylic acids is 1. The molecule has 0 spiro atoms. The fourth-order valence-electron chi connectivity index (χ4n) is 2.74. The number of hydrogen-bond acceptors (Lipinski definition) is 6. The van der Waals surface area contributed by atoms with Crippen molar-refractivity contribution in [3.63, 3.8) is 0 Å². The standard InChI is InChI=1S/C16H20N4O4/c1-18-14(17)13(15(22)19(2)16(18)23)12(21)9-20(10-5-6-10)8-11-4-3-7-24-11/h3-4,7,10H,5-6,8-9,17H2,1-2H3. The topological polar surface area (TPSA) is 103 Å². The van der Waals surface area contributed by atoms with Crippen molar-refractivity contribution in [3.8, 4) is 0 Å². The molecular weight excluding hydrogens is 312 g/mol. The van der Waals surface area contributed by atoms with Crippen molar-refractivity contribution in [2.45, 2.75) is 25.4 Å². The van der Waals surface area contributed by atoms with Gasteiger partial charge in [-0.3, -0.25) is 23.6 Å². The van der Waals surface area contributed by atoms with Crippen LogP contribution in [0.25, 0.3) is 0 Å². The minimum Gasteiger partial charge on any atom is -0.468 e. The van der Waals surface area contributed by atoms with Gasteiger partial charge in [0.15, 0.2) is 5.78 Å². The second-order valence-corrected chi connectivity index (χ2v) is 6.10. The number of carbonyl (C=O) groups is 1. The molecule has 8 nitrogen and oxygen atoms in total. The molecule has 0 bridgehead atoms. The van der Waals surface area contributed by atoms with E-state index < -0.39 is 11.2 Å². The van der Waals surface area contributed by atoms with Crippen LogP contribution in [0.15, 0.2) is 32.4 Å². The quantitative estimate of drug-likeness (QED) is 0.753. The number of aromatic nitrogens is 2. The summed E-state index contributed by atoms with van der Waals surface area (Å²) < 4.78 is 7.36. The van der Waals surface area contributed by atoms with E-state index in [9.17, 15) is 14.4 Å². The maximum absolute atomic E-state index is 12.7. The zero-order valence-corrected chi connectivity index (χ0v) is 13.7. The summed E-state index contributed by atoms with van der Waals surface area (Å²) in [5.74, 6) is 0.278. The number of nitrogens with two attached hydrogens (primary N) is 1. The summed E-state index contributed by atoms with van der Waals surface area (Å²) in [5.41, 5.74) is 4.50. The minimum absolute atomic E-state index is 0.0585. The summed E-state index contributed by atoms with van der Waals surface area (Å²) in [6.07, 6.45) is 3.60. The SMILES string of the molecule is Cn1c(N)c(C(=O)CN(Cc2ccco2)C2CC2)c(=O)n(C)c1=O. The summed E-state index contributed by atoms with van der Waals surface area (Å²) in [6.45, 7) is 0.554. The van der Waals surface area contributed by atoms with E-state index in [1.54, 1.807) is 12.3 Å². The van der Waals surface area contributed by atoms with Crippen LogP contribution in [-0.4, -0.2) is 32.4 Å². The number of ketones is 1. The van der Waals surface area contributed by atoms with Gasteiger partial charge in [0.25, 0.3) is 5.56 Å². The van der Waals surface area contributed by atoms with Crippen LogP contribution in [0.1, 0.15) is 29.0 Å². The Morgan fingerprint density at radius 3 is 2.62 bits per heavy atom. The predicted molar refractivity (Wildman–Crippen MR) is 87.8 cm³/mol. The van der Waals surface area contributed by atoms with Crippen LogP contribution in [0.5, 0.6) is 0 Å². The van der Waals surface area contributed by atoms with Crippen molar-refractivity contribution < 1.29 is 9.21 Å². The first-order valence-corrected chi connectivity index (χ1v) is 7.75. The highest BCUT2D eigenvalue weighted by Gasteiger charge is 2.32. The zero-order valence-electron chi connectivity index (χ0n) is 13.7. The number of furan rings is 1. The van der Waals surface area contributed by atoms with Gasteiger partial charge >= 0.3 is 5.69 Å². The molecule has 1 fully saturated rings. The Balaban J connectivity index is 1.89. The largest absolute Gasteiger partial charge is 0.468 e. The predicted octanol–water partition coefficient (Wildman–Crippen LogP) is 0.106. The molecule has 0 unspecified atom stereocenters. The summed E-state index contributed by atoms with van der Waals surface area (Å²) in [5, 5.41) is 0. The first kappa shape index (κ1) is 16.3. The lowest BCUT2D eigenvalue weighted by Crippen LogP contribution is -2.43. The van der Waals surface area contributed by atoms with E-state index in [1.807, 2.05) is 11.0 Å². The van der Waals surface area contributed by atoms with Gasteiger partial charge in [0, 0.05) is 20.1 Å². The van der Waals surface area contributed by atoms with Gasteiger partial charge < -0.3 is 10.2 Å². The van der Waals surface area contributed by atoms with Gasteiger partial charge in [-0.15, -0.1) is 0 Å². The van der Waals surface area contributed by atoms with Gasteiger partial charge in [-0.2, -0.15) is 0 Å². The molecule has 1 saturated carbocycles. The maximum Gasteiger partial charge on any atom is 0.332 e. The summed E-state index contributed by atoms with van der Waals surface area (Å²) in [6, 6.07) is 3.94. The van der Waals surface area contributed by atoms with Crippen LogP contribution in [0.4, 0.5) is 5.82 Å². The van der Waals surface area contributed by atoms with Gasteiger partial charge in [0.05, 0.1) is 19.4 Å². The molecule has 0 atom stereocenters. The molecule has 0 saturated heterocycles. The number of nitrogen functional groups attached to an aromatic ring is 1.